The highest BCUT2D eigenvalue weighted by molar-refractivity contribution is 5.19. The van der Waals surface area contributed by atoms with Gasteiger partial charge in [0.05, 0.1) is 0 Å². The van der Waals surface area contributed by atoms with Crippen LogP contribution < -0.4 is 5.32 Å². The average molecular weight is 235 g/mol. The van der Waals surface area contributed by atoms with E-state index in [4.69, 9.17) is 4.74 Å². The molecule has 1 rings (SSSR count). The summed E-state index contributed by atoms with van der Waals surface area (Å²) in [6, 6.07) is 11.1. The van der Waals surface area contributed by atoms with Crippen molar-refractivity contribution in [3.05, 3.63) is 35.9 Å². The zero-order valence-corrected chi connectivity index (χ0v) is 11.3. The smallest absolute Gasteiger partial charge is 0.0477 e. The minimum atomic E-state index is 0.442. The van der Waals surface area contributed by atoms with E-state index >= 15 is 0 Å². The second-order valence-corrected chi connectivity index (χ2v) is 4.64. The van der Waals surface area contributed by atoms with E-state index in [0.29, 0.717) is 12.0 Å². The van der Waals surface area contributed by atoms with Crippen LogP contribution in [0.2, 0.25) is 0 Å². The summed E-state index contributed by atoms with van der Waals surface area (Å²) >= 11 is 0. The Bertz CT molecular complexity index is 284. The zero-order valence-electron chi connectivity index (χ0n) is 11.3. The number of hydrogen-bond donors (Lipinski definition) is 1. The van der Waals surface area contributed by atoms with E-state index in [9.17, 15) is 0 Å². The topological polar surface area (TPSA) is 21.3 Å². The summed E-state index contributed by atoms with van der Waals surface area (Å²) in [5.41, 5.74) is 1.37. The first-order chi connectivity index (χ1) is 8.25. The van der Waals surface area contributed by atoms with Crippen molar-refractivity contribution in [1.29, 1.82) is 0 Å². The lowest BCUT2D eigenvalue weighted by atomic mass is 9.96. The minimum Gasteiger partial charge on any atom is -0.382 e. The summed E-state index contributed by atoms with van der Waals surface area (Å²) in [7, 11) is 0. The first-order valence-electron chi connectivity index (χ1n) is 6.61. The molecule has 1 aromatic carbocycles. The van der Waals surface area contributed by atoms with Gasteiger partial charge in [0.2, 0.25) is 0 Å². The lowest BCUT2D eigenvalue weighted by molar-refractivity contribution is 0.143. The van der Waals surface area contributed by atoms with Crippen LogP contribution in [0.3, 0.4) is 0 Å². The zero-order chi connectivity index (χ0) is 12.5. The van der Waals surface area contributed by atoms with Gasteiger partial charge in [0.15, 0.2) is 0 Å². The molecular formula is C15H25NO. The predicted octanol–water partition coefficient (Wildman–Crippen LogP) is 3.40. The van der Waals surface area contributed by atoms with Crippen LogP contribution in [-0.2, 0) is 4.74 Å². The third-order valence-electron chi connectivity index (χ3n) is 2.86. The molecule has 2 heteroatoms. The highest BCUT2D eigenvalue weighted by Crippen LogP contribution is 2.20. The van der Waals surface area contributed by atoms with Crippen LogP contribution >= 0.6 is 0 Å². The van der Waals surface area contributed by atoms with Gasteiger partial charge >= 0.3 is 0 Å². The molecule has 0 saturated heterocycles. The number of nitrogens with one attached hydrogen (secondary N) is 1. The molecule has 0 fully saturated rings. The van der Waals surface area contributed by atoms with Crippen molar-refractivity contribution in [3.63, 3.8) is 0 Å². The van der Waals surface area contributed by atoms with Crippen LogP contribution in [0.15, 0.2) is 30.3 Å². The SMILES string of the molecule is CCOCCCNC(c1ccccc1)C(C)C. The standard InChI is InChI=1S/C15H25NO/c1-4-17-12-8-11-16-15(13(2)3)14-9-6-5-7-10-14/h5-7,9-10,13,15-16H,4,8,11-12H2,1-3H3. The molecule has 1 unspecified atom stereocenters. The second kappa shape index (κ2) is 8.26. The Morgan fingerprint density at radius 1 is 1.18 bits per heavy atom. The van der Waals surface area contributed by atoms with Crippen molar-refractivity contribution in [2.24, 2.45) is 5.92 Å². The average Bonchev–Trinajstić information content (AvgIpc) is 2.34. The number of hydrogen-bond acceptors (Lipinski definition) is 2. The van der Waals surface area contributed by atoms with Crippen LogP contribution in [-0.4, -0.2) is 19.8 Å². The van der Waals surface area contributed by atoms with Gasteiger partial charge in [-0.15, -0.1) is 0 Å². The molecule has 1 atom stereocenters. The Balaban J connectivity index is 2.40. The van der Waals surface area contributed by atoms with Crippen LogP contribution in [0, 0.1) is 5.92 Å². The maximum atomic E-state index is 5.34. The number of benzene rings is 1. The fourth-order valence-corrected chi connectivity index (χ4v) is 1.97. The minimum absolute atomic E-state index is 0.442. The molecule has 1 aromatic rings. The van der Waals surface area contributed by atoms with Crippen molar-refractivity contribution in [3.8, 4) is 0 Å². The molecule has 0 aliphatic carbocycles. The molecule has 96 valence electrons. The molecule has 0 aliphatic heterocycles. The third-order valence-corrected chi connectivity index (χ3v) is 2.86. The van der Waals surface area contributed by atoms with E-state index in [1.54, 1.807) is 0 Å². The van der Waals surface area contributed by atoms with E-state index in [2.05, 4.69) is 49.5 Å². The van der Waals surface area contributed by atoms with E-state index < -0.39 is 0 Å². The van der Waals surface area contributed by atoms with Gasteiger partial charge in [-0.1, -0.05) is 44.2 Å². The van der Waals surface area contributed by atoms with Gasteiger partial charge in [-0.3, -0.25) is 0 Å². The van der Waals surface area contributed by atoms with Crippen molar-refractivity contribution in [2.75, 3.05) is 19.8 Å². The lowest BCUT2D eigenvalue weighted by Gasteiger charge is -2.23. The predicted molar refractivity (Wildman–Crippen MR) is 73.1 cm³/mol. The van der Waals surface area contributed by atoms with Gasteiger partial charge in [-0.05, 0) is 31.4 Å². The van der Waals surface area contributed by atoms with Crippen LogP contribution in [0.5, 0.6) is 0 Å². The molecule has 0 aliphatic rings. The fourth-order valence-electron chi connectivity index (χ4n) is 1.97. The third kappa shape index (κ3) is 5.33. The highest BCUT2D eigenvalue weighted by Gasteiger charge is 2.13. The summed E-state index contributed by atoms with van der Waals surface area (Å²) in [6.07, 6.45) is 1.07. The van der Waals surface area contributed by atoms with E-state index in [0.717, 1.165) is 26.2 Å². The lowest BCUT2D eigenvalue weighted by Crippen LogP contribution is -2.27. The van der Waals surface area contributed by atoms with E-state index in [1.807, 2.05) is 6.92 Å². The van der Waals surface area contributed by atoms with Crippen molar-refractivity contribution < 1.29 is 4.74 Å². The number of ether oxygens (including phenoxy) is 1. The summed E-state index contributed by atoms with van der Waals surface area (Å²) in [6.45, 7) is 9.22. The molecule has 1 N–H and O–H groups in total. The van der Waals surface area contributed by atoms with Gasteiger partial charge in [0, 0.05) is 19.3 Å². The van der Waals surface area contributed by atoms with Gasteiger partial charge in [0.25, 0.3) is 0 Å². The summed E-state index contributed by atoms with van der Waals surface area (Å²) < 4.78 is 5.34. The van der Waals surface area contributed by atoms with Crippen molar-refractivity contribution in [2.45, 2.75) is 33.2 Å². The van der Waals surface area contributed by atoms with Gasteiger partial charge in [-0.2, -0.15) is 0 Å². The normalized spacial score (nSPS) is 12.9. The molecule has 0 bridgehead atoms. The first kappa shape index (κ1) is 14.2. The first-order valence-corrected chi connectivity index (χ1v) is 6.61. The largest absolute Gasteiger partial charge is 0.382 e. The molecule has 0 saturated carbocycles. The Morgan fingerprint density at radius 2 is 1.88 bits per heavy atom. The highest BCUT2D eigenvalue weighted by atomic mass is 16.5. The Labute approximate surface area is 105 Å². The molecular weight excluding hydrogens is 210 g/mol. The molecule has 17 heavy (non-hydrogen) atoms. The quantitative estimate of drug-likeness (QED) is 0.697. The molecule has 0 amide bonds. The number of rotatable bonds is 8. The Kier molecular flexibility index (Phi) is 6.90. The van der Waals surface area contributed by atoms with Crippen molar-refractivity contribution in [1.82, 2.24) is 5.32 Å². The molecule has 0 heterocycles. The van der Waals surface area contributed by atoms with Crippen molar-refractivity contribution >= 4 is 0 Å². The maximum absolute atomic E-state index is 5.34. The Hall–Kier alpha value is -0.860. The van der Waals surface area contributed by atoms with Gasteiger partial charge < -0.3 is 10.1 Å². The molecule has 0 spiro atoms. The maximum Gasteiger partial charge on any atom is 0.0477 e. The summed E-state index contributed by atoms with van der Waals surface area (Å²) in [5, 5.41) is 3.61. The second-order valence-electron chi connectivity index (χ2n) is 4.64. The molecule has 0 radical (unpaired) electrons. The molecule has 2 nitrogen and oxygen atoms in total. The van der Waals surface area contributed by atoms with Crippen LogP contribution in [0.1, 0.15) is 38.8 Å². The van der Waals surface area contributed by atoms with E-state index in [-0.39, 0.29) is 0 Å². The monoisotopic (exact) mass is 235 g/mol. The summed E-state index contributed by atoms with van der Waals surface area (Å²) in [4.78, 5) is 0. The Morgan fingerprint density at radius 3 is 2.47 bits per heavy atom. The van der Waals surface area contributed by atoms with E-state index in [1.165, 1.54) is 5.56 Å². The fraction of sp³-hybridized carbons (Fsp3) is 0.600. The van der Waals surface area contributed by atoms with Gasteiger partial charge in [-0.25, -0.2) is 0 Å². The van der Waals surface area contributed by atoms with Crippen LogP contribution in [0.25, 0.3) is 0 Å². The molecule has 0 aromatic heterocycles. The summed E-state index contributed by atoms with van der Waals surface area (Å²) in [5.74, 6) is 0.601. The van der Waals surface area contributed by atoms with Crippen LogP contribution in [0.4, 0.5) is 0 Å². The van der Waals surface area contributed by atoms with Gasteiger partial charge in [0.1, 0.15) is 0 Å².